The highest BCUT2D eigenvalue weighted by Gasteiger charge is 2.16. The molecule has 5 nitrogen and oxygen atoms in total. The van der Waals surface area contributed by atoms with E-state index in [1.54, 1.807) is 0 Å². The Bertz CT molecular complexity index is 1070. The zero-order valence-corrected chi connectivity index (χ0v) is 41.4. The Labute approximate surface area is 385 Å². The van der Waals surface area contributed by atoms with E-state index in [0.29, 0.717) is 19.4 Å². The van der Waals surface area contributed by atoms with Crippen LogP contribution in [0.3, 0.4) is 0 Å². The molecule has 0 bridgehead atoms. The van der Waals surface area contributed by atoms with Crippen LogP contribution in [0.2, 0.25) is 0 Å². The van der Waals surface area contributed by atoms with Crippen LogP contribution in [-0.4, -0.2) is 37.9 Å². The Kier molecular flexibility index (Phi) is 50.9. The maximum Gasteiger partial charge on any atom is 0.305 e. The number of unbranched alkanes of at least 4 members (excludes halogenated alkanes) is 28. The van der Waals surface area contributed by atoms with Gasteiger partial charge in [-0.05, 0) is 83.5 Å². The number of carbonyl (C=O) groups excluding carboxylic acids is 2. The first kappa shape index (κ1) is 59.6. The van der Waals surface area contributed by atoms with Crippen LogP contribution in [-0.2, 0) is 23.8 Å². The Balaban J connectivity index is 4.29. The van der Waals surface area contributed by atoms with Gasteiger partial charge in [0, 0.05) is 19.4 Å². The molecule has 0 aromatic heterocycles. The van der Waals surface area contributed by atoms with Gasteiger partial charge in [-0.1, -0.05) is 229 Å². The molecule has 0 fully saturated rings. The minimum atomic E-state index is -0.412. The number of hydrogen-bond acceptors (Lipinski definition) is 5. The summed E-state index contributed by atoms with van der Waals surface area (Å²) in [4.78, 5) is 25.2. The summed E-state index contributed by atoms with van der Waals surface area (Å²) in [5.74, 6) is -0.362. The molecule has 0 aliphatic rings. The Morgan fingerprint density at radius 1 is 0.355 bits per heavy atom. The van der Waals surface area contributed by atoms with Gasteiger partial charge in [-0.25, -0.2) is 0 Å². The molecule has 0 N–H and O–H groups in total. The van der Waals surface area contributed by atoms with Gasteiger partial charge in [-0.3, -0.25) is 9.59 Å². The van der Waals surface area contributed by atoms with Gasteiger partial charge in [-0.15, -0.1) is 0 Å². The number of carbonyl (C=O) groups is 2. The van der Waals surface area contributed by atoms with Crippen molar-refractivity contribution in [1.29, 1.82) is 0 Å². The van der Waals surface area contributed by atoms with Gasteiger partial charge in [0.1, 0.15) is 19.3 Å². The predicted octanol–water partition coefficient (Wildman–Crippen LogP) is 18.1. The first-order chi connectivity index (χ1) is 30.6. The Morgan fingerprint density at radius 2 is 0.661 bits per heavy atom. The molecule has 0 aromatic carbocycles. The van der Waals surface area contributed by atoms with E-state index in [1.165, 1.54) is 141 Å². The van der Waals surface area contributed by atoms with Crippen LogP contribution in [0.5, 0.6) is 0 Å². The summed E-state index contributed by atoms with van der Waals surface area (Å²) in [6, 6.07) is 0. The van der Waals surface area contributed by atoms with E-state index in [1.807, 2.05) is 0 Å². The summed E-state index contributed by atoms with van der Waals surface area (Å²) in [5, 5.41) is 0. The molecule has 360 valence electrons. The molecule has 0 aliphatic heterocycles. The smallest absolute Gasteiger partial charge is 0.305 e. The zero-order chi connectivity index (χ0) is 44.9. The van der Waals surface area contributed by atoms with Gasteiger partial charge in [-0.2, -0.15) is 0 Å². The average molecular weight is 867 g/mol. The molecule has 0 amide bonds. The van der Waals surface area contributed by atoms with Crippen LogP contribution in [0.15, 0.2) is 60.8 Å². The SMILES string of the molecule is CC/C=C\C/C=C\C/C=C\CCCCCCCC(=O)OC[C@H](COC(=O)CCCCCCC/C=C\C/C=C\CCCCC)OCCCCCCCCCCCCCCCCCC. The molecule has 0 rings (SSSR count). The third-order valence-corrected chi connectivity index (χ3v) is 11.6. The highest BCUT2D eigenvalue weighted by Crippen LogP contribution is 2.15. The zero-order valence-electron chi connectivity index (χ0n) is 41.4. The normalized spacial score (nSPS) is 12.6. The van der Waals surface area contributed by atoms with Crippen molar-refractivity contribution < 1.29 is 23.8 Å². The molecule has 1 atom stereocenters. The fourth-order valence-electron chi connectivity index (χ4n) is 7.53. The van der Waals surface area contributed by atoms with Crippen LogP contribution in [0.1, 0.15) is 265 Å². The fraction of sp³-hybridized carbons (Fsp3) is 0.789. The van der Waals surface area contributed by atoms with Crippen molar-refractivity contribution in [2.45, 2.75) is 271 Å². The number of ether oxygens (including phenoxy) is 3. The summed E-state index contributed by atoms with van der Waals surface area (Å²) in [6.45, 7) is 7.59. The van der Waals surface area contributed by atoms with Crippen molar-refractivity contribution in [2.24, 2.45) is 0 Å². The van der Waals surface area contributed by atoms with E-state index in [-0.39, 0.29) is 25.2 Å². The monoisotopic (exact) mass is 867 g/mol. The van der Waals surface area contributed by atoms with Crippen molar-refractivity contribution in [3.8, 4) is 0 Å². The summed E-state index contributed by atoms with van der Waals surface area (Å²) >= 11 is 0. The molecule has 0 saturated heterocycles. The lowest BCUT2D eigenvalue weighted by Crippen LogP contribution is -2.29. The van der Waals surface area contributed by atoms with Crippen LogP contribution >= 0.6 is 0 Å². The highest BCUT2D eigenvalue weighted by molar-refractivity contribution is 5.69. The van der Waals surface area contributed by atoms with E-state index in [4.69, 9.17) is 14.2 Å². The molecular weight excluding hydrogens is 765 g/mol. The number of rotatable bonds is 49. The largest absolute Gasteiger partial charge is 0.463 e. The first-order valence-electron chi connectivity index (χ1n) is 26.8. The van der Waals surface area contributed by atoms with Crippen molar-refractivity contribution in [2.75, 3.05) is 19.8 Å². The van der Waals surface area contributed by atoms with E-state index in [2.05, 4.69) is 81.5 Å². The molecule has 0 unspecified atom stereocenters. The highest BCUT2D eigenvalue weighted by atomic mass is 16.6. The molecule has 62 heavy (non-hydrogen) atoms. The second kappa shape index (κ2) is 52.9. The minimum absolute atomic E-state index is 0.144. The summed E-state index contributed by atoms with van der Waals surface area (Å²) in [6.07, 6.45) is 66.8. The molecule has 0 aromatic rings. The lowest BCUT2D eigenvalue weighted by molar-refractivity contribution is -0.155. The van der Waals surface area contributed by atoms with Crippen molar-refractivity contribution >= 4 is 11.9 Å². The predicted molar refractivity (Wildman–Crippen MR) is 270 cm³/mol. The van der Waals surface area contributed by atoms with Crippen molar-refractivity contribution in [3.63, 3.8) is 0 Å². The van der Waals surface area contributed by atoms with E-state index in [0.717, 1.165) is 89.9 Å². The molecule has 0 spiro atoms. The summed E-state index contributed by atoms with van der Waals surface area (Å²) < 4.78 is 17.4. The second-order valence-corrected chi connectivity index (χ2v) is 17.7. The van der Waals surface area contributed by atoms with Gasteiger partial charge in [0.15, 0.2) is 0 Å². The molecule has 0 heterocycles. The minimum Gasteiger partial charge on any atom is -0.463 e. The first-order valence-corrected chi connectivity index (χ1v) is 26.8. The summed E-state index contributed by atoms with van der Waals surface area (Å²) in [7, 11) is 0. The molecule has 0 saturated carbocycles. The lowest BCUT2D eigenvalue weighted by Gasteiger charge is -2.18. The quantitative estimate of drug-likeness (QED) is 0.0346. The van der Waals surface area contributed by atoms with E-state index < -0.39 is 6.10 Å². The number of allylic oxidation sites excluding steroid dienone is 10. The molecule has 0 aliphatic carbocycles. The Morgan fingerprint density at radius 3 is 1.06 bits per heavy atom. The van der Waals surface area contributed by atoms with Gasteiger partial charge in [0.2, 0.25) is 0 Å². The van der Waals surface area contributed by atoms with Crippen LogP contribution < -0.4 is 0 Å². The maximum absolute atomic E-state index is 12.6. The fourth-order valence-corrected chi connectivity index (χ4v) is 7.53. The van der Waals surface area contributed by atoms with Crippen LogP contribution in [0.4, 0.5) is 0 Å². The third kappa shape index (κ3) is 50.2. The topological polar surface area (TPSA) is 61.8 Å². The molecule has 5 heteroatoms. The van der Waals surface area contributed by atoms with Gasteiger partial charge in [0.25, 0.3) is 0 Å². The third-order valence-electron chi connectivity index (χ3n) is 11.6. The van der Waals surface area contributed by atoms with Crippen molar-refractivity contribution in [3.05, 3.63) is 60.8 Å². The van der Waals surface area contributed by atoms with Gasteiger partial charge >= 0.3 is 11.9 Å². The number of esters is 2. The van der Waals surface area contributed by atoms with Gasteiger partial charge in [0.05, 0.1) is 0 Å². The second-order valence-electron chi connectivity index (χ2n) is 17.7. The van der Waals surface area contributed by atoms with Crippen LogP contribution in [0, 0.1) is 0 Å². The molecule has 0 radical (unpaired) electrons. The maximum atomic E-state index is 12.6. The summed E-state index contributed by atoms with van der Waals surface area (Å²) in [5.41, 5.74) is 0. The lowest BCUT2D eigenvalue weighted by atomic mass is 10.0. The number of hydrogen-bond donors (Lipinski definition) is 0. The van der Waals surface area contributed by atoms with Crippen molar-refractivity contribution in [1.82, 2.24) is 0 Å². The average Bonchev–Trinajstić information content (AvgIpc) is 3.28. The Hall–Kier alpha value is -2.40. The van der Waals surface area contributed by atoms with Crippen LogP contribution in [0.25, 0.3) is 0 Å². The van der Waals surface area contributed by atoms with E-state index >= 15 is 0 Å². The standard InChI is InChI=1S/C57H102O5/c1-4-7-10-13-16-19-22-25-28-31-34-37-40-43-46-49-52-60-55(53-61-56(58)50-47-44-41-38-35-32-29-26-23-20-17-14-11-8-5-2)54-62-57(59)51-48-45-42-39-36-33-30-27-24-21-18-15-12-9-6-3/h8,11,17-18,20-21,26-27,29-30,55H,4-7,9-10,12-16,19,22-25,28,31-54H2,1-3H3/b11-8-,20-17-,21-18-,29-26-,30-27-/t55-/m1/s1. The van der Waals surface area contributed by atoms with Gasteiger partial charge < -0.3 is 14.2 Å². The van der Waals surface area contributed by atoms with E-state index in [9.17, 15) is 9.59 Å². The molecular formula is C57H102O5.